The summed E-state index contributed by atoms with van der Waals surface area (Å²) in [5.74, 6) is 1.82. The summed E-state index contributed by atoms with van der Waals surface area (Å²) >= 11 is 1.67. The van der Waals surface area contributed by atoms with E-state index in [2.05, 4.69) is 11.6 Å². The van der Waals surface area contributed by atoms with Crippen LogP contribution in [0.2, 0.25) is 0 Å². The van der Waals surface area contributed by atoms with Crippen LogP contribution in [0.15, 0.2) is 35.8 Å². The molecule has 0 atom stereocenters. The molecule has 1 aromatic carbocycles. The van der Waals surface area contributed by atoms with E-state index in [9.17, 15) is 4.79 Å². The lowest BCUT2D eigenvalue weighted by Crippen LogP contribution is -2.23. The summed E-state index contributed by atoms with van der Waals surface area (Å²) in [6.45, 7) is 5.98. The number of hydrogen-bond donors (Lipinski definition) is 2. The fourth-order valence-corrected chi connectivity index (χ4v) is 2.28. The van der Waals surface area contributed by atoms with Gasteiger partial charge in [-0.15, -0.1) is 0 Å². The number of nitrogens with zero attached hydrogens (tertiary/aromatic N) is 1. The number of carbonyl (C=O) groups is 1. The summed E-state index contributed by atoms with van der Waals surface area (Å²) in [6, 6.07) is 7.35. The summed E-state index contributed by atoms with van der Waals surface area (Å²) in [6.07, 6.45) is 0. The Morgan fingerprint density at radius 3 is 2.75 bits per heavy atom. The maximum atomic E-state index is 11.1. The fraction of sp³-hybridized carbons (Fsp3) is 0.286. The molecule has 0 fully saturated rings. The summed E-state index contributed by atoms with van der Waals surface area (Å²) in [5, 5.41) is 0. The third-order valence-electron chi connectivity index (χ3n) is 2.33. The lowest BCUT2D eigenvalue weighted by atomic mass is 10.1. The summed E-state index contributed by atoms with van der Waals surface area (Å²) in [7, 11) is 0. The van der Waals surface area contributed by atoms with Crippen LogP contribution in [0.4, 0.5) is 0 Å². The van der Waals surface area contributed by atoms with Crippen LogP contribution in [0.1, 0.15) is 12.5 Å². The quantitative estimate of drug-likeness (QED) is 0.262. The molecule has 20 heavy (non-hydrogen) atoms. The van der Waals surface area contributed by atoms with Gasteiger partial charge in [0.1, 0.15) is 5.75 Å². The van der Waals surface area contributed by atoms with Gasteiger partial charge >= 0.3 is 5.97 Å². The number of guanidine groups is 1. The van der Waals surface area contributed by atoms with Crippen molar-refractivity contribution in [1.82, 2.24) is 0 Å². The number of rotatable bonds is 7. The third-order valence-corrected chi connectivity index (χ3v) is 3.35. The molecule has 6 heteroatoms. The summed E-state index contributed by atoms with van der Waals surface area (Å²) in [5.41, 5.74) is 12.2. The first-order valence-corrected chi connectivity index (χ1v) is 7.25. The maximum absolute atomic E-state index is 11.1. The van der Waals surface area contributed by atoms with E-state index >= 15 is 0 Å². The van der Waals surface area contributed by atoms with Gasteiger partial charge in [-0.3, -0.25) is 9.79 Å². The second-order valence-corrected chi connectivity index (χ2v) is 5.16. The largest absolute Gasteiger partial charge is 0.426 e. The first-order chi connectivity index (χ1) is 9.50. The Kier molecular flexibility index (Phi) is 6.66. The van der Waals surface area contributed by atoms with Crippen LogP contribution in [0.25, 0.3) is 5.57 Å². The van der Waals surface area contributed by atoms with Gasteiger partial charge in [0, 0.05) is 24.0 Å². The average Bonchev–Trinajstić information content (AvgIpc) is 2.37. The molecule has 0 aliphatic rings. The number of ether oxygens (including phenoxy) is 1. The number of carbonyl (C=O) groups excluding carboxylic acids is 1. The van der Waals surface area contributed by atoms with E-state index in [4.69, 9.17) is 16.2 Å². The number of esters is 1. The number of benzene rings is 1. The predicted octanol–water partition coefficient (Wildman–Crippen LogP) is 1.63. The van der Waals surface area contributed by atoms with Crippen LogP contribution < -0.4 is 16.2 Å². The van der Waals surface area contributed by atoms with E-state index < -0.39 is 0 Å². The van der Waals surface area contributed by atoms with Crippen molar-refractivity contribution in [3.8, 4) is 5.75 Å². The SMILES string of the molecule is C=C(CSCCN=C(N)N)c1ccccc1OC(C)=O. The molecule has 0 aliphatic heterocycles. The summed E-state index contributed by atoms with van der Waals surface area (Å²) < 4.78 is 5.16. The van der Waals surface area contributed by atoms with Gasteiger partial charge in [0.2, 0.25) is 0 Å². The molecule has 0 saturated heterocycles. The van der Waals surface area contributed by atoms with Crippen molar-refractivity contribution in [2.24, 2.45) is 16.5 Å². The first-order valence-electron chi connectivity index (χ1n) is 6.09. The Morgan fingerprint density at radius 2 is 2.10 bits per heavy atom. The normalized spacial score (nSPS) is 9.85. The smallest absolute Gasteiger partial charge is 0.308 e. The molecular formula is C14H19N3O2S. The molecule has 0 aromatic heterocycles. The molecule has 0 bridgehead atoms. The number of aliphatic imine (C=N–C) groups is 1. The van der Waals surface area contributed by atoms with E-state index in [1.807, 2.05) is 18.2 Å². The first kappa shape index (κ1) is 16.1. The van der Waals surface area contributed by atoms with Crippen LogP contribution in [-0.4, -0.2) is 30.0 Å². The van der Waals surface area contributed by atoms with E-state index in [0.29, 0.717) is 12.3 Å². The molecule has 0 radical (unpaired) electrons. The van der Waals surface area contributed by atoms with Gasteiger partial charge in [-0.05, 0) is 11.6 Å². The molecule has 0 amide bonds. The number of thioether (sulfide) groups is 1. The van der Waals surface area contributed by atoms with Crippen LogP contribution in [0.3, 0.4) is 0 Å². The second-order valence-electron chi connectivity index (χ2n) is 4.05. The minimum absolute atomic E-state index is 0.102. The Hall–Kier alpha value is -1.95. The molecule has 5 nitrogen and oxygen atoms in total. The van der Waals surface area contributed by atoms with Gasteiger partial charge < -0.3 is 16.2 Å². The third kappa shape index (κ3) is 5.79. The number of hydrogen-bond acceptors (Lipinski definition) is 4. The van der Waals surface area contributed by atoms with E-state index in [0.717, 1.165) is 22.6 Å². The topological polar surface area (TPSA) is 90.7 Å². The minimum Gasteiger partial charge on any atom is -0.426 e. The lowest BCUT2D eigenvalue weighted by Gasteiger charge is -2.10. The van der Waals surface area contributed by atoms with Crippen molar-refractivity contribution in [3.63, 3.8) is 0 Å². The van der Waals surface area contributed by atoms with Crippen LogP contribution in [0.5, 0.6) is 5.75 Å². The molecule has 0 saturated carbocycles. The molecule has 0 spiro atoms. The van der Waals surface area contributed by atoms with Gasteiger partial charge in [0.15, 0.2) is 5.96 Å². The second kappa shape index (κ2) is 8.27. The molecule has 0 aliphatic carbocycles. The van der Waals surface area contributed by atoms with Crippen LogP contribution in [0, 0.1) is 0 Å². The van der Waals surface area contributed by atoms with Crippen LogP contribution in [-0.2, 0) is 4.79 Å². The molecular weight excluding hydrogens is 274 g/mol. The molecule has 1 aromatic rings. The van der Waals surface area contributed by atoms with Crippen molar-refractivity contribution in [2.75, 3.05) is 18.1 Å². The molecule has 4 N–H and O–H groups in total. The summed E-state index contributed by atoms with van der Waals surface area (Å²) in [4.78, 5) is 15.0. The number of nitrogens with two attached hydrogens (primary N) is 2. The van der Waals surface area contributed by atoms with E-state index in [-0.39, 0.29) is 11.9 Å². The van der Waals surface area contributed by atoms with Gasteiger partial charge in [-0.2, -0.15) is 11.8 Å². The highest BCUT2D eigenvalue weighted by Crippen LogP contribution is 2.27. The van der Waals surface area contributed by atoms with Crippen molar-refractivity contribution in [1.29, 1.82) is 0 Å². The van der Waals surface area contributed by atoms with Crippen LogP contribution >= 0.6 is 11.8 Å². The van der Waals surface area contributed by atoms with E-state index in [1.54, 1.807) is 17.8 Å². The Bertz CT molecular complexity index is 511. The lowest BCUT2D eigenvalue weighted by molar-refractivity contribution is -0.131. The molecule has 108 valence electrons. The van der Waals surface area contributed by atoms with Gasteiger partial charge in [-0.1, -0.05) is 24.8 Å². The van der Waals surface area contributed by atoms with Crippen molar-refractivity contribution in [3.05, 3.63) is 36.4 Å². The molecule has 0 unspecified atom stereocenters. The standard InChI is InChI=1S/C14H19N3O2S/c1-10(9-20-8-7-17-14(15)16)12-5-3-4-6-13(12)19-11(2)18/h3-6H,1,7-9H2,2H3,(H4,15,16,17). The van der Waals surface area contributed by atoms with Crippen molar-refractivity contribution >= 4 is 29.3 Å². The number of para-hydroxylation sites is 1. The highest BCUT2D eigenvalue weighted by Gasteiger charge is 2.08. The Balaban J connectivity index is 2.55. The Labute approximate surface area is 123 Å². The zero-order valence-electron chi connectivity index (χ0n) is 11.5. The van der Waals surface area contributed by atoms with Gasteiger partial charge in [0.05, 0.1) is 6.54 Å². The highest BCUT2D eigenvalue weighted by molar-refractivity contribution is 7.99. The van der Waals surface area contributed by atoms with Crippen molar-refractivity contribution in [2.45, 2.75) is 6.92 Å². The molecule has 0 heterocycles. The van der Waals surface area contributed by atoms with Crippen molar-refractivity contribution < 1.29 is 9.53 Å². The fourth-order valence-electron chi connectivity index (χ4n) is 1.51. The van der Waals surface area contributed by atoms with Gasteiger partial charge in [-0.25, -0.2) is 0 Å². The average molecular weight is 293 g/mol. The highest BCUT2D eigenvalue weighted by atomic mass is 32.2. The monoisotopic (exact) mass is 293 g/mol. The van der Waals surface area contributed by atoms with Gasteiger partial charge in [0.25, 0.3) is 0 Å². The molecule has 1 rings (SSSR count). The predicted molar refractivity (Wildman–Crippen MR) is 84.8 cm³/mol. The zero-order valence-corrected chi connectivity index (χ0v) is 12.3. The van der Waals surface area contributed by atoms with E-state index in [1.165, 1.54) is 6.92 Å². The maximum Gasteiger partial charge on any atom is 0.308 e. The Morgan fingerprint density at radius 1 is 1.40 bits per heavy atom. The minimum atomic E-state index is -0.342. The zero-order chi connectivity index (χ0) is 15.0.